The molecular formula is C11H23NO. The van der Waals surface area contributed by atoms with E-state index in [9.17, 15) is 0 Å². The van der Waals surface area contributed by atoms with Crippen molar-refractivity contribution >= 4 is 0 Å². The van der Waals surface area contributed by atoms with Gasteiger partial charge in [-0.15, -0.1) is 0 Å². The van der Waals surface area contributed by atoms with E-state index in [0.717, 1.165) is 6.42 Å². The molecular weight excluding hydrogens is 162 g/mol. The lowest BCUT2D eigenvalue weighted by Crippen LogP contribution is -2.35. The number of aliphatic hydroxyl groups is 1. The van der Waals surface area contributed by atoms with Crippen LogP contribution in [0.25, 0.3) is 0 Å². The largest absolute Gasteiger partial charge is 0.396 e. The Morgan fingerprint density at radius 3 is 2.54 bits per heavy atom. The van der Waals surface area contributed by atoms with Crippen LogP contribution in [-0.2, 0) is 0 Å². The fourth-order valence-corrected chi connectivity index (χ4v) is 2.60. The van der Waals surface area contributed by atoms with E-state index in [1.54, 1.807) is 0 Å². The molecule has 13 heavy (non-hydrogen) atoms. The van der Waals surface area contributed by atoms with Gasteiger partial charge < -0.3 is 10.0 Å². The van der Waals surface area contributed by atoms with Crippen LogP contribution in [0.1, 0.15) is 33.1 Å². The molecule has 1 aliphatic heterocycles. The second-order valence-corrected chi connectivity index (χ2v) is 4.61. The van der Waals surface area contributed by atoms with Gasteiger partial charge in [0.05, 0.1) is 0 Å². The van der Waals surface area contributed by atoms with Gasteiger partial charge in [-0.2, -0.15) is 0 Å². The van der Waals surface area contributed by atoms with Gasteiger partial charge in [-0.25, -0.2) is 0 Å². The molecule has 0 saturated carbocycles. The summed E-state index contributed by atoms with van der Waals surface area (Å²) in [5, 5.41) is 9.01. The first-order chi connectivity index (χ1) is 6.16. The maximum Gasteiger partial charge on any atom is 0.0434 e. The van der Waals surface area contributed by atoms with Crippen molar-refractivity contribution < 1.29 is 5.11 Å². The van der Waals surface area contributed by atoms with Crippen molar-refractivity contribution in [1.82, 2.24) is 4.90 Å². The molecule has 1 N–H and O–H groups in total. The van der Waals surface area contributed by atoms with Gasteiger partial charge >= 0.3 is 0 Å². The molecule has 1 saturated heterocycles. The molecule has 0 spiro atoms. The fraction of sp³-hybridized carbons (Fsp3) is 1.00. The molecule has 2 atom stereocenters. The van der Waals surface area contributed by atoms with E-state index in [-0.39, 0.29) is 0 Å². The highest BCUT2D eigenvalue weighted by atomic mass is 16.3. The van der Waals surface area contributed by atoms with Crippen LogP contribution >= 0.6 is 0 Å². The molecule has 2 unspecified atom stereocenters. The maximum absolute atomic E-state index is 9.01. The van der Waals surface area contributed by atoms with Crippen LogP contribution < -0.4 is 0 Å². The Balaban J connectivity index is 2.52. The Morgan fingerprint density at radius 1 is 1.46 bits per heavy atom. The minimum absolute atomic E-state index is 0.340. The summed E-state index contributed by atoms with van der Waals surface area (Å²) in [5.41, 5.74) is 0. The summed E-state index contributed by atoms with van der Waals surface area (Å²) in [6.07, 6.45) is 3.61. The number of hydrogen-bond donors (Lipinski definition) is 1. The third-order valence-electron chi connectivity index (χ3n) is 3.39. The molecule has 1 heterocycles. The summed E-state index contributed by atoms with van der Waals surface area (Å²) in [4.78, 5) is 2.46. The second-order valence-electron chi connectivity index (χ2n) is 4.61. The number of likely N-dealkylation sites (tertiary alicyclic amines) is 1. The lowest BCUT2D eigenvalue weighted by atomic mass is 9.85. The van der Waals surface area contributed by atoms with Crippen LogP contribution in [0, 0.1) is 11.8 Å². The first-order valence-electron chi connectivity index (χ1n) is 5.48. The normalized spacial score (nSPS) is 27.0. The lowest BCUT2D eigenvalue weighted by molar-refractivity contribution is 0.145. The molecule has 0 bridgehead atoms. The van der Waals surface area contributed by atoms with E-state index in [2.05, 4.69) is 25.8 Å². The molecule has 0 amide bonds. The number of hydrogen-bond acceptors (Lipinski definition) is 2. The third kappa shape index (κ3) is 2.68. The predicted molar refractivity (Wildman–Crippen MR) is 55.7 cm³/mol. The zero-order valence-electron chi connectivity index (χ0n) is 9.16. The van der Waals surface area contributed by atoms with Crippen molar-refractivity contribution in [2.24, 2.45) is 11.8 Å². The van der Waals surface area contributed by atoms with Gasteiger partial charge in [0.15, 0.2) is 0 Å². The molecule has 0 aromatic carbocycles. The van der Waals surface area contributed by atoms with Crippen LogP contribution in [0.2, 0.25) is 0 Å². The maximum atomic E-state index is 9.01. The number of aliphatic hydroxyl groups excluding tert-OH is 1. The minimum atomic E-state index is 0.340. The Bertz CT molecular complexity index is 147. The zero-order chi connectivity index (χ0) is 9.84. The highest BCUT2D eigenvalue weighted by Gasteiger charge is 2.30. The van der Waals surface area contributed by atoms with Crippen molar-refractivity contribution in [3.63, 3.8) is 0 Å². The van der Waals surface area contributed by atoms with E-state index in [4.69, 9.17) is 5.11 Å². The second kappa shape index (κ2) is 4.97. The van der Waals surface area contributed by atoms with Crippen LogP contribution in [0.3, 0.4) is 0 Å². The Morgan fingerprint density at radius 2 is 2.15 bits per heavy atom. The summed E-state index contributed by atoms with van der Waals surface area (Å²) in [7, 11) is 2.21. The minimum Gasteiger partial charge on any atom is -0.396 e. The Labute approximate surface area is 81.9 Å². The first-order valence-corrected chi connectivity index (χ1v) is 5.48. The van der Waals surface area contributed by atoms with E-state index in [1.165, 1.54) is 19.4 Å². The van der Waals surface area contributed by atoms with Gasteiger partial charge in [0.1, 0.15) is 0 Å². The SMILES string of the molecule is CC(C)C(CCO)C1CCCN1C. The molecule has 1 fully saturated rings. The van der Waals surface area contributed by atoms with Gasteiger partial charge in [0, 0.05) is 12.6 Å². The van der Waals surface area contributed by atoms with Crippen LogP contribution in [0.15, 0.2) is 0 Å². The molecule has 0 aromatic heterocycles. The van der Waals surface area contributed by atoms with Gasteiger partial charge in [-0.3, -0.25) is 0 Å². The van der Waals surface area contributed by atoms with E-state index in [0.29, 0.717) is 24.5 Å². The van der Waals surface area contributed by atoms with E-state index in [1.807, 2.05) is 0 Å². The first kappa shape index (κ1) is 11.0. The summed E-state index contributed by atoms with van der Waals surface area (Å²) in [5.74, 6) is 1.37. The molecule has 0 aromatic rings. The summed E-state index contributed by atoms with van der Waals surface area (Å²) in [6.45, 7) is 6.12. The van der Waals surface area contributed by atoms with Crippen molar-refractivity contribution in [2.75, 3.05) is 20.2 Å². The molecule has 2 heteroatoms. The highest BCUT2D eigenvalue weighted by Crippen LogP contribution is 2.29. The predicted octanol–water partition coefficient (Wildman–Crippen LogP) is 1.74. The fourth-order valence-electron chi connectivity index (χ4n) is 2.60. The van der Waals surface area contributed by atoms with Crippen molar-refractivity contribution in [2.45, 2.75) is 39.2 Å². The standard InChI is InChI=1S/C11H23NO/c1-9(2)10(6-8-13)11-5-4-7-12(11)3/h9-11,13H,4-8H2,1-3H3. The topological polar surface area (TPSA) is 23.5 Å². The monoisotopic (exact) mass is 185 g/mol. The average Bonchev–Trinajstić information content (AvgIpc) is 2.47. The van der Waals surface area contributed by atoms with Crippen molar-refractivity contribution in [1.29, 1.82) is 0 Å². The van der Waals surface area contributed by atoms with Crippen LogP contribution in [0.5, 0.6) is 0 Å². The Kier molecular flexibility index (Phi) is 4.20. The number of nitrogens with zero attached hydrogens (tertiary/aromatic N) is 1. The molecule has 78 valence electrons. The summed E-state index contributed by atoms with van der Waals surface area (Å²) < 4.78 is 0. The number of rotatable bonds is 4. The zero-order valence-corrected chi connectivity index (χ0v) is 9.16. The molecule has 1 aliphatic rings. The van der Waals surface area contributed by atoms with Crippen LogP contribution in [-0.4, -0.2) is 36.2 Å². The van der Waals surface area contributed by atoms with Gasteiger partial charge in [0.25, 0.3) is 0 Å². The van der Waals surface area contributed by atoms with Gasteiger partial charge in [0.2, 0.25) is 0 Å². The summed E-state index contributed by atoms with van der Waals surface area (Å²) >= 11 is 0. The molecule has 0 radical (unpaired) electrons. The molecule has 2 nitrogen and oxygen atoms in total. The average molecular weight is 185 g/mol. The van der Waals surface area contributed by atoms with Gasteiger partial charge in [-0.1, -0.05) is 13.8 Å². The molecule has 0 aliphatic carbocycles. The van der Waals surface area contributed by atoms with Gasteiger partial charge in [-0.05, 0) is 44.7 Å². The highest BCUT2D eigenvalue weighted by molar-refractivity contribution is 4.84. The van der Waals surface area contributed by atoms with Crippen LogP contribution in [0.4, 0.5) is 0 Å². The van der Waals surface area contributed by atoms with Crippen molar-refractivity contribution in [3.8, 4) is 0 Å². The van der Waals surface area contributed by atoms with E-state index < -0.39 is 0 Å². The van der Waals surface area contributed by atoms with Crippen molar-refractivity contribution in [3.05, 3.63) is 0 Å². The Hall–Kier alpha value is -0.0800. The lowest BCUT2D eigenvalue weighted by Gasteiger charge is -2.31. The summed E-state index contributed by atoms with van der Waals surface area (Å²) in [6, 6.07) is 0.715. The molecule has 1 rings (SSSR count). The third-order valence-corrected chi connectivity index (χ3v) is 3.39. The quantitative estimate of drug-likeness (QED) is 0.721. The van der Waals surface area contributed by atoms with E-state index >= 15 is 0 Å². The smallest absolute Gasteiger partial charge is 0.0434 e.